The summed E-state index contributed by atoms with van der Waals surface area (Å²) in [5.41, 5.74) is 2.28. The Hall–Kier alpha value is -0.460. The van der Waals surface area contributed by atoms with Crippen LogP contribution in [0.5, 0.6) is 0 Å². The van der Waals surface area contributed by atoms with Crippen molar-refractivity contribution < 1.29 is 9.47 Å². The average molecular weight is 670 g/mol. The van der Waals surface area contributed by atoms with Crippen molar-refractivity contribution in [3.8, 4) is 0 Å². The summed E-state index contributed by atoms with van der Waals surface area (Å²) < 4.78 is 14.7. The molecule has 0 bridgehead atoms. The molecule has 0 amide bonds. The van der Waals surface area contributed by atoms with E-state index in [0.717, 1.165) is 59.7 Å². The van der Waals surface area contributed by atoms with E-state index in [1.165, 1.54) is 82.7 Å². The maximum Gasteiger partial charge on any atom is 0.0720 e. The molecule has 1 unspecified atom stereocenters. The summed E-state index contributed by atoms with van der Waals surface area (Å²) in [4.78, 5) is 2.57. The monoisotopic (exact) mass is 668 g/mol. The zero-order valence-corrected chi connectivity index (χ0v) is 30.0. The molecule has 1 aromatic carbocycles. The first-order valence-corrected chi connectivity index (χ1v) is 19.4. The van der Waals surface area contributed by atoms with Crippen LogP contribution in [0.1, 0.15) is 104 Å². The third kappa shape index (κ3) is 5.90. The Balaban J connectivity index is 0.940. The minimum atomic E-state index is 0.433. The van der Waals surface area contributed by atoms with Crippen molar-refractivity contribution in [1.29, 1.82) is 0 Å². The molecule has 246 valence electrons. The molecule has 2 saturated heterocycles. The van der Waals surface area contributed by atoms with Crippen molar-refractivity contribution >= 4 is 15.9 Å². The fourth-order valence-electron chi connectivity index (χ4n) is 12.3. The highest BCUT2D eigenvalue weighted by Gasteiger charge is 2.65. The molecular weight excluding hydrogens is 608 g/mol. The number of rotatable bonds is 8. The number of hydrogen-bond donors (Lipinski definition) is 1. The fraction of sp³-hybridized carbons (Fsp3) is 0.846. The minimum absolute atomic E-state index is 0.433. The van der Waals surface area contributed by atoms with E-state index < -0.39 is 0 Å². The van der Waals surface area contributed by atoms with E-state index in [9.17, 15) is 0 Å². The van der Waals surface area contributed by atoms with Crippen LogP contribution < -0.4 is 5.32 Å². The maximum atomic E-state index is 7.07. The minimum Gasteiger partial charge on any atom is -0.374 e. The molecular formula is C39H61BrN2O2. The van der Waals surface area contributed by atoms with E-state index in [2.05, 4.69) is 85.2 Å². The van der Waals surface area contributed by atoms with Gasteiger partial charge in [0.15, 0.2) is 0 Å². The highest BCUT2D eigenvalue weighted by Crippen LogP contribution is 2.70. The summed E-state index contributed by atoms with van der Waals surface area (Å²) in [6.45, 7) is 14.7. The molecule has 7 rings (SSSR count). The highest BCUT2D eigenvalue weighted by atomic mass is 79.9. The van der Waals surface area contributed by atoms with Gasteiger partial charge >= 0.3 is 0 Å². The smallest absolute Gasteiger partial charge is 0.0720 e. The van der Waals surface area contributed by atoms with Crippen molar-refractivity contribution in [3.05, 3.63) is 34.3 Å². The van der Waals surface area contributed by atoms with Gasteiger partial charge in [0.2, 0.25) is 0 Å². The Morgan fingerprint density at radius 2 is 1.84 bits per heavy atom. The largest absolute Gasteiger partial charge is 0.374 e. The third-order valence-electron chi connectivity index (χ3n) is 14.9. The number of fused-ring (bicyclic) bond motifs is 7. The lowest BCUT2D eigenvalue weighted by atomic mass is 9.44. The number of halogens is 1. The molecule has 0 aromatic heterocycles. The molecule has 44 heavy (non-hydrogen) atoms. The summed E-state index contributed by atoms with van der Waals surface area (Å²) >= 11 is 3.56. The molecule has 6 fully saturated rings. The molecule has 2 heterocycles. The summed E-state index contributed by atoms with van der Waals surface area (Å²) in [6, 6.07) is 9.36. The van der Waals surface area contributed by atoms with Crippen LogP contribution in [0.3, 0.4) is 0 Å². The first kappa shape index (κ1) is 32.1. The Bertz CT molecular complexity index is 1130. The molecule has 4 nitrogen and oxygen atoms in total. The molecule has 4 saturated carbocycles. The lowest BCUT2D eigenvalue weighted by Crippen LogP contribution is -2.54. The first-order chi connectivity index (χ1) is 21.2. The summed E-state index contributed by atoms with van der Waals surface area (Å²) in [6.07, 6.45) is 16.3. The zero-order valence-electron chi connectivity index (χ0n) is 28.4. The van der Waals surface area contributed by atoms with Gasteiger partial charge in [0.1, 0.15) is 0 Å². The van der Waals surface area contributed by atoms with E-state index >= 15 is 0 Å². The van der Waals surface area contributed by atoms with Gasteiger partial charge in [-0.1, -0.05) is 55.8 Å². The van der Waals surface area contributed by atoms with Crippen LogP contribution in [0.4, 0.5) is 0 Å². The summed E-state index contributed by atoms with van der Waals surface area (Å²) in [7, 11) is 2.31. The summed E-state index contributed by atoms with van der Waals surface area (Å²) in [5, 5.41) is 3.61. The third-order valence-corrected chi connectivity index (χ3v) is 15.4. The molecule has 4 aliphatic carbocycles. The molecule has 0 spiro atoms. The van der Waals surface area contributed by atoms with Gasteiger partial charge in [0.05, 0.1) is 24.9 Å². The Labute approximate surface area is 277 Å². The second-order valence-electron chi connectivity index (χ2n) is 17.1. The SMILES string of the molecule is C[C@@H](CC[C@H]1O[C@H]2C[C@H]3[C@@H]4CC[C@@H]5C[C@@H](OCc6ccc(Br)cc6)CC[C@]5(C)[C@H]4CC[C@]3(C)[C@H]2[C@@H]1C)CC1CNCCN1C. The second kappa shape index (κ2) is 12.9. The van der Waals surface area contributed by atoms with E-state index in [1.54, 1.807) is 0 Å². The van der Waals surface area contributed by atoms with Crippen LogP contribution in [0, 0.1) is 52.3 Å². The van der Waals surface area contributed by atoms with E-state index in [0.29, 0.717) is 41.1 Å². The van der Waals surface area contributed by atoms with Gasteiger partial charge < -0.3 is 19.7 Å². The van der Waals surface area contributed by atoms with Crippen LogP contribution in [0.2, 0.25) is 0 Å². The molecule has 6 aliphatic rings. The molecule has 5 heteroatoms. The number of nitrogens with one attached hydrogen (secondary N) is 1. The maximum absolute atomic E-state index is 7.07. The van der Waals surface area contributed by atoms with Crippen LogP contribution >= 0.6 is 15.9 Å². The number of ether oxygens (including phenoxy) is 2. The van der Waals surface area contributed by atoms with Gasteiger partial charge in [-0.15, -0.1) is 0 Å². The van der Waals surface area contributed by atoms with Crippen LogP contribution in [0.25, 0.3) is 0 Å². The number of hydrogen-bond acceptors (Lipinski definition) is 4. The normalized spacial score (nSPS) is 46.1. The molecule has 0 radical (unpaired) electrons. The molecule has 1 N–H and O–H groups in total. The van der Waals surface area contributed by atoms with E-state index in [-0.39, 0.29) is 0 Å². The van der Waals surface area contributed by atoms with Gasteiger partial charge in [-0.2, -0.15) is 0 Å². The number of nitrogens with zero attached hydrogens (tertiary/aromatic N) is 1. The fourth-order valence-corrected chi connectivity index (χ4v) is 12.6. The van der Waals surface area contributed by atoms with Crippen LogP contribution in [-0.2, 0) is 16.1 Å². The van der Waals surface area contributed by atoms with Gasteiger partial charge in [-0.3, -0.25) is 0 Å². The predicted octanol–water partition coefficient (Wildman–Crippen LogP) is 8.72. The van der Waals surface area contributed by atoms with Gasteiger partial charge in [0.25, 0.3) is 0 Å². The quantitative estimate of drug-likeness (QED) is 0.300. The highest BCUT2D eigenvalue weighted by molar-refractivity contribution is 9.10. The second-order valence-corrected chi connectivity index (χ2v) is 18.0. The topological polar surface area (TPSA) is 33.7 Å². The molecule has 13 atom stereocenters. The molecule has 1 aromatic rings. The van der Waals surface area contributed by atoms with Crippen molar-refractivity contribution in [1.82, 2.24) is 10.2 Å². The van der Waals surface area contributed by atoms with Crippen molar-refractivity contribution in [2.75, 3.05) is 26.7 Å². The van der Waals surface area contributed by atoms with Gasteiger partial charge in [0, 0.05) is 30.1 Å². The van der Waals surface area contributed by atoms with Crippen molar-refractivity contribution in [2.24, 2.45) is 52.3 Å². The Kier molecular flexibility index (Phi) is 9.39. The Morgan fingerprint density at radius 1 is 1.05 bits per heavy atom. The van der Waals surface area contributed by atoms with Gasteiger partial charge in [-0.05, 0) is 148 Å². The van der Waals surface area contributed by atoms with Crippen LogP contribution in [-0.4, -0.2) is 55.9 Å². The van der Waals surface area contributed by atoms with Crippen molar-refractivity contribution in [2.45, 2.75) is 129 Å². The van der Waals surface area contributed by atoms with E-state index in [1.807, 2.05) is 0 Å². The first-order valence-electron chi connectivity index (χ1n) is 18.6. The lowest BCUT2D eigenvalue weighted by Gasteiger charge is -2.61. The average Bonchev–Trinajstić information content (AvgIpc) is 3.49. The van der Waals surface area contributed by atoms with Crippen molar-refractivity contribution in [3.63, 3.8) is 0 Å². The standard InChI is InChI=1S/C39H61BrN2O2/c1-25(20-30-23-41-18-19-42(30)5)6-13-35-26(2)37-36(44-35)22-34-32-12-9-28-21-31(43-24-27-7-10-29(40)11-8-27)14-16-38(28,3)33(32)15-17-39(34,37)4/h7-8,10-11,25-26,28,30-37,41H,6,9,12-24H2,1-5H3/t25-,26+,28+,30?,31-,32+,33-,34-,35+,36-,37-,38-,39-/m0/s1. The number of likely N-dealkylation sites (N-methyl/N-ethyl adjacent to an activating group) is 1. The van der Waals surface area contributed by atoms with E-state index in [4.69, 9.17) is 9.47 Å². The predicted molar refractivity (Wildman–Crippen MR) is 183 cm³/mol. The van der Waals surface area contributed by atoms with Crippen LogP contribution in [0.15, 0.2) is 28.7 Å². The number of piperazine rings is 1. The molecule has 2 aliphatic heterocycles. The van der Waals surface area contributed by atoms with Gasteiger partial charge in [-0.25, -0.2) is 0 Å². The zero-order chi connectivity index (χ0) is 30.6. The lowest BCUT2D eigenvalue weighted by molar-refractivity contribution is -0.139. The summed E-state index contributed by atoms with van der Waals surface area (Å²) in [5.74, 6) is 5.79. The Morgan fingerprint density at radius 3 is 2.64 bits per heavy atom. The number of benzene rings is 1.